The van der Waals surface area contributed by atoms with Gasteiger partial charge in [-0.3, -0.25) is 0 Å². The third-order valence-electron chi connectivity index (χ3n) is 5.25. The number of rotatable bonds is 5. The normalized spacial score (nSPS) is 20.5. The van der Waals surface area contributed by atoms with Crippen molar-refractivity contribution in [3.05, 3.63) is 65.7 Å². The summed E-state index contributed by atoms with van der Waals surface area (Å²) in [5.74, 6) is 1.45. The summed E-state index contributed by atoms with van der Waals surface area (Å²) in [6, 6.07) is 19.5. The Labute approximate surface area is 151 Å². The molecule has 2 atom stereocenters. The quantitative estimate of drug-likeness (QED) is 0.832. The first-order valence-corrected chi connectivity index (χ1v) is 8.62. The highest BCUT2D eigenvalue weighted by Gasteiger charge is 2.25. The van der Waals surface area contributed by atoms with Crippen LogP contribution in [0.3, 0.4) is 0 Å². The molecule has 0 bridgehead atoms. The van der Waals surface area contributed by atoms with Gasteiger partial charge in [-0.1, -0.05) is 62.7 Å². The van der Waals surface area contributed by atoms with Crippen LogP contribution in [0.5, 0.6) is 5.75 Å². The summed E-state index contributed by atoms with van der Waals surface area (Å²) in [5, 5.41) is 0. The van der Waals surface area contributed by atoms with Gasteiger partial charge in [-0.15, -0.1) is 12.4 Å². The van der Waals surface area contributed by atoms with Crippen LogP contribution in [-0.4, -0.2) is 12.6 Å². The van der Waals surface area contributed by atoms with Crippen LogP contribution < -0.4 is 10.5 Å². The molecule has 0 amide bonds. The van der Waals surface area contributed by atoms with Crippen molar-refractivity contribution in [2.24, 2.45) is 11.7 Å². The van der Waals surface area contributed by atoms with Gasteiger partial charge in [0.05, 0.1) is 6.61 Å². The van der Waals surface area contributed by atoms with E-state index >= 15 is 0 Å². The highest BCUT2D eigenvalue weighted by atomic mass is 35.5. The van der Waals surface area contributed by atoms with Crippen LogP contribution in [-0.2, 0) is 5.41 Å². The molecule has 2 nitrogen and oxygen atoms in total. The predicted octanol–water partition coefficient (Wildman–Crippen LogP) is 4.94. The summed E-state index contributed by atoms with van der Waals surface area (Å²) in [6.07, 6.45) is 3.57. The van der Waals surface area contributed by atoms with Gasteiger partial charge in [0, 0.05) is 17.4 Å². The Bertz CT molecular complexity index is 624. The minimum Gasteiger partial charge on any atom is -0.493 e. The average molecular weight is 346 g/mol. The standard InChI is InChI=1S/C21H27NO.ClH/c1-21(2,17-8-4-3-5-9-17)18-11-13-19(14-12-18)23-15-16-7-6-10-20(16)22;/h3-5,8-9,11-14,16,20H,6-7,10,15,22H2,1-2H3;1H. The smallest absolute Gasteiger partial charge is 0.119 e. The molecule has 2 aromatic carbocycles. The molecule has 2 aromatic rings. The lowest BCUT2D eigenvalue weighted by Gasteiger charge is -2.26. The third-order valence-corrected chi connectivity index (χ3v) is 5.25. The second-order valence-corrected chi connectivity index (χ2v) is 7.18. The first-order chi connectivity index (χ1) is 11.1. The second-order valence-electron chi connectivity index (χ2n) is 7.18. The van der Waals surface area contributed by atoms with Gasteiger partial charge in [0.1, 0.15) is 5.75 Å². The molecule has 1 aliphatic rings. The summed E-state index contributed by atoms with van der Waals surface area (Å²) in [6.45, 7) is 5.26. The molecule has 130 valence electrons. The van der Waals surface area contributed by atoms with E-state index in [0.29, 0.717) is 12.0 Å². The van der Waals surface area contributed by atoms with E-state index in [9.17, 15) is 0 Å². The summed E-state index contributed by atoms with van der Waals surface area (Å²) in [4.78, 5) is 0. The van der Waals surface area contributed by atoms with E-state index in [1.54, 1.807) is 0 Å². The van der Waals surface area contributed by atoms with E-state index in [-0.39, 0.29) is 17.8 Å². The Hall–Kier alpha value is -1.51. The van der Waals surface area contributed by atoms with Gasteiger partial charge in [0.15, 0.2) is 0 Å². The van der Waals surface area contributed by atoms with Crippen molar-refractivity contribution in [2.45, 2.75) is 44.6 Å². The maximum Gasteiger partial charge on any atom is 0.119 e. The third kappa shape index (κ3) is 4.12. The molecule has 1 saturated carbocycles. The van der Waals surface area contributed by atoms with E-state index in [1.165, 1.54) is 24.0 Å². The summed E-state index contributed by atoms with van der Waals surface area (Å²) in [7, 11) is 0. The number of hydrogen-bond acceptors (Lipinski definition) is 2. The number of benzene rings is 2. The van der Waals surface area contributed by atoms with E-state index < -0.39 is 0 Å². The van der Waals surface area contributed by atoms with Crippen LogP contribution in [0.25, 0.3) is 0 Å². The predicted molar refractivity (Wildman–Crippen MR) is 103 cm³/mol. The zero-order valence-corrected chi connectivity index (χ0v) is 15.4. The average Bonchev–Trinajstić information content (AvgIpc) is 2.99. The van der Waals surface area contributed by atoms with Gasteiger partial charge in [-0.2, -0.15) is 0 Å². The molecular formula is C21H28ClNO. The number of nitrogens with two attached hydrogens (primary N) is 1. The number of halogens is 1. The minimum absolute atomic E-state index is 0. The molecule has 0 radical (unpaired) electrons. The number of ether oxygens (including phenoxy) is 1. The highest BCUT2D eigenvalue weighted by molar-refractivity contribution is 5.85. The van der Waals surface area contributed by atoms with E-state index in [2.05, 4.69) is 68.4 Å². The SMILES string of the molecule is CC(C)(c1ccccc1)c1ccc(OCC2CCCC2N)cc1.Cl. The van der Waals surface area contributed by atoms with Crippen LogP contribution >= 0.6 is 12.4 Å². The van der Waals surface area contributed by atoms with Crippen LogP contribution in [0.4, 0.5) is 0 Å². The summed E-state index contributed by atoms with van der Waals surface area (Å²) >= 11 is 0. The number of hydrogen-bond donors (Lipinski definition) is 1. The largest absolute Gasteiger partial charge is 0.493 e. The molecule has 0 aliphatic heterocycles. The first-order valence-electron chi connectivity index (χ1n) is 8.62. The Kier molecular flexibility index (Phi) is 6.31. The van der Waals surface area contributed by atoms with Crippen molar-refractivity contribution < 1.29 is 4.74 Å². The molecule has 0 spiro atoms. The van der Waals surface area contributed by atoms with Crippen molar-refractivity contribution in [2.75, 3.05) is 6.61 Å². The molecule has 0 aromatic heterocycles. The van der Waals surface area contributed by atoms with Gasteiger partial charge in [-0.25, -0.2) is 0 Å². The van der Waals surface area contributed by atoms with E-state index in [4.69, 9.17) is 10.5 Å². The van der Waals surface area contributed by atoms with Gasteiger partial charge in [0.2, 0.25) is 0 Å². The zero-order chi connectivity index (χ0) is 16.3. The topological polar surface area (TPSA) is 35.2 Å². The van der Waals surface area contributed by atoms with Gasteiger partial charge in [-0.05, 0) is 36.1 Å². The fourth-order valence-corrected chi connectivity index (χ4v) is 3.47. The van der Waals surface area contributed by atoms with Crippen LogP contribution in [0.1, 0.15) is 44.2 Å². The van der Waals surface area contributed by atoms with Gasteiger partial charge < -0.3 is 10.5 Å². The summed E-state index contributed by atoms with van der Waals surface area (Å²) in [5.41, 5.74) is 8.73. The lowest BCUT2D eigenvalue weighted by atomic mass is 9.78. The maximum absolute atomic E-state index is 6.11. The van der Waals surface area contributed by atoms with Crippen molar-refractivity contribution in [3.8, 4) is 5.75 Å². The van der Waals surface area contributed by atoms with Crippen LogP contribution in [0, 0.1) is 5.92 Å². The van der Waals surface area contributed by atoms with Crippen molar-refractivity contribution in [1.82, 2.24) is 0 Å². The lowest BCUT2D eigenvalue weighted by molar-refractivity contribution is 0.239. The fraction of sp³-hybridized carbons (Fsp3) is 0.429. The van der Waals surface area contributed by atoms with Crippen molar-refractivity contribution in [3.63, 3.8) is 0 Å². The van der Waals surface area contributed by atoms with Crippen LogP contribution in [0.15, 0.2) is 54.6 Å². The van der Waals surface area contributed by atoms with Crippen molar-refractivity contribution in [1.29, 1.82) is 0 Å². The Morgan fingerprint density at radius 2 is 1.58 bits per heavy atom. The molecule has 0 saturated heterocycles. The van der Waals surface area contributed by atoms with Gasteiger partial charge >= 0.3 is 0 Å². The highest BCUT2D eigenvalue weighted by Crippen LogP contribution is 2.32. The molecule has 24 heavy (non-hydrogen) atoms. The molecule has 3 heteroatoms. The zero-order valence-electron chi connectivity index (χ0n) is 14.6. The molecule has 3 rings (SSSR count). The molecule has 1 aliphatic carbocycles. The second kappa shape index (κ2) is 8.04. The van der Waals surface area contributed by atoms with Crippen molar-refractivity contribution >= 4 is 12.4 Å². The fourth-order valence-electron chi connectivity index (χ4n) is 3.47. The Morgan fingerprint density at radius 3 is 2.17 bits per heavy atom. The molecule has 2 N–H and O–H groups in total. The Morgan fingerprint density at radius 1 is 0.958 bits per heavy atom. The monoisotopic (exact) mass is 345 g/mol. The lowest BCUT2D eigenvalue weighted by Crippen LogP contribution is -2.28. The molecular weight excluding hydrogens is 318 g/mol. The van der Waals surface area contributed by atoms with E-state index in [1.807, 2.05) is 0 Å². The summed E-state index contributed by atoms with van der Waals surface area (Å²) < 4.78 is 5.95. The molecule has 2 unspecified atom stereocenters. The van der Waals surface area contributed by atoms with Crippen LogP contribution in [0.2, 0.25) is 0 Å². The minimum atomic E-state index is -0.00635. The molecule has 0 heterocycles. The molecule has 1 fully saturated rings. The Balaban J connectivity index is 0.00000208. The van der Waals surface area contributed by atoms with E-state index in [0.717, 1.165) is 18.8 Å². The maximum atomic E-state index is 6.11. The first kappa shape index (κ1) is 18.8. The van der Waals surface area contributed by atoms with Gasteiger partial charge in [0.25, 0.3) is 0 Å².